The van der Waals surface area contributed by atoms with E-state index in [2.05, 4.69) is 5.32 Å². The lowest BCUT2D eigenvalue weighted by Gasteiger charge is -2.36. The first-order valence-electron chi connectivity index (χ1n) is 7.92. The highest BCUT2D eigenvalue weighted by atomic mass is 16.5. The summed E-state index contributed by atoms with van der Waals surface area (Å²) in [6, 6.07) is 9.51. The molecule has 1 aromatic rings. The lowest BCUT2D eigenvalue weighted by molar-refractivity contribution is 0.0683. The Labute approximate surface area is 127 Å². The summed E-state index contributed by atoms with van der Waals surface area (Å²) in [4.78, 5) is 0. The van der Waals surface area contributed by atoms with E-state index in [1.54, 1.807) is 0 Å². The molecule has 0 radical (unpaired) electrons. The molecule has 0 heterocycles. The van der Waals surface area contributed by atoms with Crippen LogP contribution < -0.4 is 10.1 Å². The van der Waals surface area contributed by atoms with Gasteiger partial charge >= 0.3 is 0 Å². The maximum atomic E-state index is 9.95. The normalized spacial score (nSPS) is 19.1. The van der Waals surface area contributed by atoms with Gasteiger partial charge in [0, 0.05) is 25.1 Å². The number of aliphatic hydroxyl groups excluding tert-OH is 2. The van der Waals surface area contributed by atoms with E-state index in [1.807, 2.05) is 30.3 Å². The van der Waals surface area contributed by atoms with Crippen LogP contribution in [-0.4, -0.2) is 42.6 Å². The fourth-order valence-electron chi connectivity index (χ4n) is 2.96. The number of nitrogens with one attached hydrogen (secondary N) is 1. The first-order valence-corrected chi connectivity index (χ1v) is 7.92. The zero-order valence-corrected chi connectivity index (χ0v) is 12.6. The highest BCUT2D eigenvalue weighted by molar-refractivity contribution is 5.20. The molecule has 118 valence electrons. The van der Waals surface area contributed by atoms with Gasteiger partial charge in [0.1, 0.15) is 18.5 Å². The molecule has 3 N–H and O–H groups in total. The summed E-state index contributed by atoms with van der Waals surface area (Å²) in [6.45, 7) is 1.78. The minimum Gasteiger partial charge on any atom is -0.491 e. The number of benzene rings is 1. The standard InChI is InChI=1S/C17H27NO3/c19-14-17(9-5-2-6-10-17)13-18-11-15(20)12-21-16-7-3-1-4-8-16/h1,3-4,7-8,15,18-20H,2,5-6,9-14H2. The Morgan fingerprint density at radius 2 is 1.86 bits per heavy atom. The molecular formula is C17H27NO3. The highest BCUT2D eigenvalue weighted by Gasteiger charge is 2.30. The van der Waals surface area contributed by atoms with E-state index in [9.17, 15) is 10.2 Å². The number of rotatable bonds is 8. The molecule has 0 amide bonds. The number of aliphatic hydroxyl groups is 2. The van der Waals surface area contributed by atoms with Crippen LogP contribution in [0, 0.1) is 5.41 Å². The van der Waals surface area contributed by atoms with Crippen LogP contribution >= 0.6 is 0 Å². The van der Waals surface area contributed by atoms with Crippen molar-refractivity contribution in [1.29, 1.82) is 0 Å². The molecule has 0 aliphatic heterocycles. The van der Waals surface area contributed by atoms with Crippen molar-refractivity contribution in [3.8, 4) is 5.75 Å². The molecule has 0 bridgehead atoms. The minimum absolute atomic E-state index is 0.0122. The number of ether oxygens (including phenoxy) is 1. The Morgan fingerprint density at radius 1 is 1.14 bits per heavy atom. The van der Waals surface area contributed by atoms with Crippen molar-refractivity contribution < 1.29 is 14.9 Å². The monoisotopic (exact) mass is 293 g/mol. The van der Waals surface area contributed by atoms with E-state index in [0.717, 1.165) is 25.1 Å². The fourth-order valence-corrected chi connectivity index (χ4v) is 2.96. The maximum absolute atomic E-state index is 9.95. The van der Waals surface area contributed by atoms with Gasteiger partial charge in [0.05, 0.1) is 0 Å². The molecule has 1 saturated carbocycles. The molecule has 1 aliphatic rings. The SMILES string of the molecule is OCC1(CNCC(O)COc2ccccc2)CCCCC1. The Bertz CT molecular complexity index is 390. The van der Waals surface area contributed by atoms with E-state index in [0.29, 0.717) is 6.54 Å². The van der Waals surface area contributed by atoms with Crippen LogP contribution in [0.25, 0.3) is 0 Å². The van der Waals surface area contributed by atoms with Crippen LogP contribution in [0.2, 0.25) is 0 Å². The Balaban J connectivity index is 1.65. The number of hydrogen-bond donors (Lipinski definition) is 3. The summed E-state index contributed by atoms with van der Waals surface area (Å²) in [6.07, 6.45) is 5.28. The summed E-state index contributed by atoms with van der Waals surface area (Å²) < 4.78 is 5.52. The summed E-state index contributed by atoms with van der Waals surface area (Å²) in [5.41, 5.74) is 0.0122. The van der Waals surface area contributed by atoms with Gasteiger partial charge < -0.3 is 20.3 Å². The molecule has 1 aliphatic carbocycles. The summed E-state index contributed by atoms with van der Waals surface area (Å²) in [7, 11) is 0. The summed E-state index contributed by atoms with van der Waals surface area (Å²) in [5.74, 6) is 0.774. The van der Waals surface area contributed by atoms with Crippen molar-refractivity contribution in [3.63, 3.8) is 0 Å². The number of hydrogen-bond acceptors (Lipinski definition) is 4. The molecule has 21 heavy (non-hydrogen) atoms. The Hall–Kier alpha value is -1.10. The Kier molecular flexibility index (Phi) is 6.49. The third kappa shape index (κ3) is 5.30. The Morgan fingerprint density at radius 3 is 2.52 bits per heavy atom. The van der Waals surface area contributed by atoms with Crippen LogP contribution in [0.15, 0.2) is 30.3 Å². The third-order valence-corrected chi connectivity index (χ3v) is 4.32. The van der Waals surface area contributed by atoms with Crippen molar-refractivity contribution in [2.45, 2.75) is 38.2 Å². The van der Waals surface area contributed by atoms with Crippen molar-refractivity contribution in [2.75, 3.05) is 26.3 Å². The predicted molar refractivity (Wildman–Crippen MR) is 83.4 cm³/mol. The molecule has 2 rings (SSSR count). The molecule has 4 heteroatoms. The predicted octanol–water partition coefficient (Wildman–Crippen LogP) is 1.96. The molecular weight excluding hydrogens is 266 g/mol. The minimum atomic E-state index is -0.537. The molecule has 1 fully saturated rings. The van der Waals surface area contributed by atoms with Gasteiger partial charge in [-0.1, -0.05) is 37.5 Å². The van der Waals surface area contributed by atoms with E-state index >= 15 is 0 Å². The van der Waals surface area contributed by atoms with Crippen molar-refractivity contribution >= 4 is 0 Å². The molecule has 1 atom stereocenters. The topological polar surface area (TPSA) is 61.7 Å². The smallest absolute Gasteiger partial charge is 0.119 e. The van der Waals surface area contributed by atoms with Gasteiger partial charge in [-0.3, -0.25) is 0 Å². The van der Waals surface area contributed by atoms with Gasteiger partial charge in [0.15, 0.2) is 0 Å². The third-order valence-electron chi connectivity index (χ3n) is 4.32. The second-order valence-electron chi connectivity index (χ2n) is 6.13. The van der Waals surface area contributed by atoms with Gasteiger partial charge in [-0.05, 0) is 25.0 Å². The van der Waals surface area contributed by atoms with Gasteiger partial charge in [-0.15, -0.1) is 0 Å². The first kappa shape index (κ1) is 16.3. The fraction of sp³-hybridized carbons (Fsp3) is 0.647. The quantitative estimate of drug-likeness (QED) is 0.686. The molecule has 0 saturated heterocycles. The van der Waals surface area contributed by atoms with Gasteiger partial charge in [0.2, 0.25) is 0 Å². The van der Waals surface area contributed by atoms with Crippen LogP contribution in [-0.2, 0) is 0 Å². The number of para-hydroxylation sites is 1. The van der Waals surface area contributed by atoms with E-state index < -0.39 is 6.10 Å². The highest BCUT2D eigenvalue weighted by Crippen LogP contribution is 2.35. The van der Waals surface area contributed by atoms with Crippen LogP contribution in [0.3, 0.4) is 0 Å². The first-order chi connectivity index (χ1) is 10.2. The van der Waals surface area contributed by atoms with Gasteiger partial charge in [-0.25, -0.2) is 0 Å². The second-order valence-corrected chi connectivity index (χ2v) is 6.13. The average molecular weight is 293 g/mol. The second kappa shape index (κ2) is 8.37. The summed E-state index contributed by atoms with van der Waals surface area (Å²) in [5, 5.41) is 22.9. The largest absolute Gasteiger partial charge is 0.491 e. The van der Waals surface area contributed by atoms with E-state index in [1.165, 1.54) is 19.3 Å². The van der Waals surface area contributed by atoms with Crippen molar-refractivity contribution in [3.05, 3.63) is 30.3 Å². The molecule has 0 aromatic heterocycles. The summed E-state index contributed by atoms with van der Waals surface area (Å²) >= 11 is 0. The van der Waals surface area contributed by atoms with Crippen LogP contribution in [0.4, 0.5) is 0 Å². The average Bonchev–Trinajstić information content (AvgIpc) is 2.55. The zero-order chi connectivity index (χ0) is 15.0. The molecule has 1 aromatic carbocycles. The van der Waals surface area contributed by atoms with Gasteiger partial charge in [0.25, 0.3) is 0 Å². The lowest BCUT2D eigenvalue weighted by Crippen LogP contribution is -2.42. The molecule has 4 nitrogen and oxygen atoms in total. The molecule has 0 spiro atoms. The van der Waals surface area contributed by atoms with Crippen molar-refractivity contribution in [2.24, 2.45) is 5.41 Å². The van der Waals surface area contributed by atoms with Crippen LogP contribution in [0.1, 0.15) is 32.1 Å². The maximum Gasteiger partial charge on any atom is 0.119 e. The molecule has 1 unspecified atom stereocenters. The van der Waals surface area contributed by atoms with E-state index in [4.69, 9.17) is 4.74 Å². The lowest BCUT2D eigenvalue weighted by atomic mass is 9.74. The van der Waals surface area contributed by atoms with E-state index in [-0.39, 0.29) is 18.6 Å². The van der Waals surface area contributed by atoms with Crippen molar-refractivity contribution in [1.82, 2.24) is 5.32 Å². The van der Waals surface area contributed by atoms with Gasteiger partial charge in [-0.2, -0.15) is 0 Å². The van der Waals surface area contributed by atoms with Crippen LogP contribution in [0.5, 0.6) is 5.75 Å². The zero-order valence-electron chi connectivity index (χ0n) is 12.6.